The van der Waals surface area contributed by atoms with Crippen LogP contribution in [0.15, 0.2) is 35.2 Å². The molecule has 1 aromatic rings. The van der Waals surface area contributed by atoms with Crippen molar-refractivity contribution in [1.82, 2.24) is 0 Å². The zero-order chi connectivity index (χ0) is 11.8. The number of rotatable bonds is 3. The highest BCUT2D eigenvalue weighted by Crippen LogP contribution is 2.61. The van der Waals surface area contributed by atoms with Crippen LogP contribution in [0, 0.1) is 11.3 Å². The van der Waals surface area contributed by atoms with Crippen LogP contribution in [-0.2, 0) is 9.53 Å². The number of carbonyl (C=O) groups is 1. The minimum atomic E-state index is -0.0848. The number of hydrogen-bond donors (Lipinski definition) is 0. The minimum absolute atomic E-state index is 0.0303. The molecule has 0 aliphatic heterocycles. The topological polar surface area (TPSA) is 26.3 Å². The van der Waals surface area contributed by atoms with E-state index in [1.54, 1.807) is 11.8 Å². The average molecular weight is 236 g/mol. The summed E-state index contributed by atoms with van der Waals surface area (Å²) >= 11 is 1.77. The van der Waals surface area contributed by atoms with Gasteiger partial charge in [-0.25, -0.2) is 0 Å². The Hall–Kier alpha value is -0.960. The Kier molecular flexibility index (Phi) is 2.98. The van der Waals surface area contributed by atoms with E-state index in [4.69, 9.17) is 4.74 Å². The molecule has 0 saturated heterocycles. The highest BCUT2D eigenvalue weighted by molar-refractivity contribution is 8.00. The van der Waals surface area contributed by atoms with E-state index in [0.29, 0.717) is 5.25 Å². The molecule has 0 aromatic heterocycles. The molecular formula is C13H16O2S. The molecule has 1 aliphatic rings. The van der Waals surface area contributed by atoms with Crippen molar-refractivity contribution >= 4 is 17.7 Å². The van der Waals surface area contributed by atoms with Gasteiger partial charge in [0.2, 0.25) is 0 Å². The largest absolute Gasteiger partial charge is 0.469 e. The molecule has 0 unspecified atom stereocenters. The van der Waals surface area contributed by atoms with Crippen LogP contribution in [-0.4, -0.2) is 18.3 Å². The molecule has 2 nitrogen and oxygen atoms in total. The second-order valence-corrected chi connectivity index (χ2v) is 5.89. The van der Waals surface area contributed by atoms with Gasteiger partial charge in [-0.1, -0.05) is 32.0 Å². The lowest BCUT2D eigenvalue weighted by Crippen LogP contribution is -2.07. The first kappa shape index (κ1) is 11.5. The van der Waals surface area contributed by atoms with E-state index in [0.717, 1.165) is 0 Å². The van der Waals surface area contributed by atoms with Crippen LogP contribution >= 0.6 is 11.8 Å². The van der Waals surface area contributed by atoms with Gasteiger partial charge >= 0.3 is 5.97 Å². The Morgan fingerprint density at radius 2 is 1.94 bits per heavy atom. The molecule has 0 spiro atoms. The molecule has 0 radical (unpaired) electrons. The van der Waals surface area contributed by atoms with Crippen LogP contribution in [0.25, 0.3) is 0 Å². The third kappa shape index (κ3) is 1.96. The zero-order valence-corrected chi connectivity index (χ0v) is 10.6. The predicted octanol–water partition coefficient (Wildman–Crippen LogP) is 2.98. The first-order valence-electron chi connectivity index (χ1n) is 5.37. The summed E-state index contributed by atoms with van der Waals surface area (Å²) in [4.78, 5) is 12.8. The van der Waals surface area contributed by atoms with Gasteiger partial charge in [0.25, 0.3) is 0 Å². The summed E-state index contributed by atoms with van der Waals surface area (Å²) in [5, 5.41) is 0.336. The van der Waals surface area contributed by atoms with E-state index in [-0.39, 0.29) is 17.3 Å². The van der Waals surface area contributed by atoms with Crippen molar-refractivity contribution < 1.29 is 9.53 Å². The van der Waals surface area contributed by atoms with E-state index >= 15 is 0 Å². The Morgan fingerprint density at radius 1 is 1.31 bits per heavy atom. The maximum Gasteiger partial charge on any atom is 0.310 e. The van der Waals surface area contributed by atoms with Crippen molar-refractivity contribution in [1.29, 1.82) is 0 Å². The van der Waals surface area contributed by atoms with Crippen LogP contribution in [0.1, 0.15) is 13.8 Å². The fourth-order valence-corrected chi connectivity index (χ4v) is 3.59. The van der Waals surface area contributed by atoms with Gasteiger partial charge in [-0.2, -0.15) is 0 Å². The molecule has 0 heterocycles. The van der Waals surface area contributed by atoms with Crippen molar-refractivity contribution in [2.45, 2.75) is 24.0 Å². The Bertz CT molecular complexity index is 386. The lowest BCUT2D eigenvalue weighted by molar-refractivity contribution is -0.142. The van der Waals surface area contributed by atoms with Crippen LogP contribution < -0.4 is 0 Å². The number of methoxy groups -OCH3 is 1. The van der Waals surface area contributed by atoms with E-state index < -0.39 is 0 Å². The van der Waals surface area contributed by atoms with Gasteiger partial charge in [-0.05, 0) is 17.5 Å². The van der Waals surface area contributed by atoms with Crippen molar-refractivity contribution in [3.05, 3.63) is 30.3 Å². The van der Waals surface area contributed by atoms with Gasteiger partial charge in [-0.3, -0.25) is 4.79 Å². The number of esters is 1. The van der Waals surface area contributed by atoms with E-state index in [9.17, 15) is 4.79 Å². The number of hydrogen-bond acceptors (Lipinski definition) is 3. The highest BCUT2D eigenvalue weighted by atomic mass is 32.2. The smallest absolute Gasteiger partial charge is 0.310 e. The van der Waals surface area contributed by atoms with Gasteiger partial charge in [0.1, 0.15) is 0 Å². The van der Waals surface area contributed by atoms with Crippen LogP contribution in [0.3, 0.4) is 0 Å². The van der Waals surface area contributed by atoms with Gasteiger partial charge in [-0.15, -0.1) is 11.8 Å². The molecule has 1 aliphatic carbocycles. The van der Waals surface area contributed by atoms with Crippen LogP contribution in [0.4, 0.5) is 0 Å². The summed E-state index contributed by atoms with van der Waals surface area (Å²) in [6.45, 7) is 4.24. The average Bonchev–Trinajstić information content (AvgIpc) is 2.81. The third-order valence-electron chi connectivity index (χ3n) is 3.19. The zero-order valence-electron chi connectivity index (χ0n) is 9.77. The maximum absolute atomic E-state index is 11.6. The van der Waals surface area contributed by atoms with Crippen LogP contribution in [0.2, 0.25) is 0 Å². The predicted molar refractivity (Wildman–Crippen MR) is 65.4 cm³/mol. The monoisotopic (exact) mass is 236 g/mol. The van der Waals surface area contributed by atoms with Crippen LogP contribution in [0.5, 0.6) is 0 Å². The van der Waals surface area contributed by atoms with Gasteiger partial charge in [0.05, 0.1) is 13.0 Å². The van der Waals surface area contributed by atoms with Gasteiger partial charge in [0, 0.05) is 10.1 Å². The molecule has 16 heavy (non-hydrogen) atoms. The number of thioether (sulfide) groups is 1. The van der Waals surface area contributed by atoms with E-state index in [2.05, 4.69) is 26.0 Å². The van der Waals surface area contributed by atoms with Gasteiger partial charge in [0.15, 0.2) is 0 Å². The fourth-order valence-electron chi connectivity index (χ4n) is 2.01. The SMILES string of the molecule is COC(=O)[C@H]1[C@@H](Sc2ccccc2)C1(C)C. The molecule has 1 fully saturated rings. The lowest BCUT2D eigenvalue weighted by Gasteiger charge is -2.01. The van der Waals surface area contributed by atoms with Crippen molar-refractivity contribution in [2.75, 3.05) is 7.11 Å². The highest BCUT2D eigenvalue weighted by Gasteiger charge is 2.63. The Morgan fingerprint density at radius 3 is 2.50 bits per heavy atom. The molecule has 0 amide bonds. The molecular weight excluding hydrogens is 220 g/mol. The first-order valence-corrected chi connectivity index (χ1v) is 6.25. The normalized spacial score (nSPS) is 26.2. The maximum atomic E-state index is 11.6. The summed E-state index contributed by atoms with van der Waals surface area (Å²) in [6, 6.07) is 10.2. The second kappa shape index (κ2) is 4.13. The standard InChI is InChI=1S/C13H16O2S/c1-13(2)10(12(14)15-3)11(13)16-9-7-5-4-6-8-9/h4-8,10-11H,1-3H3/t10-,11-/m1/s1. The Labute approximate surface area is 100 Å². The van der Waals surface area contributed by atoms with Gasteiger partial charge < -0.3 is 4.74 Å². The van der Waals surface area contributed by atoms with Crippen molar-refractivity contribution in [3.63, 3.8) is 0 Å². The van der Waals surface area contributed by atoms with Crippen molar-refractivity contribution in [3.8, 4) is 0 Å². The Balaban J connectivity index is 2.05. The summed E-state index contributed by atoms with van der Waals surface area (Å²) in [5.41, 5.74) is 0.0492. The number of carbonyl (C=O) groups excluding carboxylic acids is 1. The number of ether oxygens (including phenoxy) is 1. The lowest BCUT2D eigenvalue weighted by atomic mass is 10.1. The molecule has 86 valence electrons. The molecule has 3 heteroatoms. The molecule has 0 N–H and O–H groups in total. The fraction of sp³-hybridized carbons (Fsp3) is 0.462. The molecule has 2 rings (SSSR count). The summed E-state index contributed by atoms with van der Waals surface area (Å²) < 4.78 is 4.83. The third-order valence-corrected chi connectivity index (χ3v) is 4.87. The quantitative estimate of drug-likeness (QED) is 0.755. The molecule has 1 aromatic carbocycles. The summed E-state index contributed by atoms with van der Waals surface area (Å²) in [6.07, 6.45) is 0. The molecule has 0 bridgehead atoms. The molecule has 1 saturated carbocycles. The summed E-state index contributed by atoms with van der Waals surface area (Å²) in [7, 11) is 1.46. The second-order valence-electron chi connectivity index (χ2n) is 4.67. The molecule has 2 atom stereocenters. The first-order chi connectivity index (χ1) is 7.57. The minimum Gasteiger partial charge on any atom is -0.469 e. The summed E-state index contributed by atoms with van der Waals surface area (Å²) in [5.74, 6) is -0.0545. The van der Waals surface area contributed by atoms with E-state index in [1.807, 2.05) is 18.2 Å². The number of benzene rings is 1. The van der Waals surface area contributed by atoms with E-state index in [1.165, 1.54) is 12.0 Å². The van der Waals surface area contributed by atoms with Crippen molar-refractivity contribution in [2.24, 2.45) is 11.3 Å².